The number of carbonyl (C=O) groups is 5. The van der Waals surface area contributed by atoms with Gasteiger partial charge in [0, 0.05) is 30.8 Å². The van der Waals surface area contributed by atoms with Crippen molar-refractivity contribution in [1.82, 2.24) is 31.5 Å². The molecule has 238 valence electrons. The molecule has 1 aromatic rings. The number of piperidine rings is 1. The molecule has 0 aliphatic carbocycles. The van der Waals surface area contributed by atoms with Crippen molar-refractivity contribution < 1.29 is 24.0 Å². The summed E-state index contributed by atoms with van der Waals surface area (Å²) in [5.74, 6) is -2.94. The summed E-state index contributed by atoms with van der Waals surface area (Å²) in [5.41, 5.74) is -0.708. The van der Waals surface area contributed by atoms with E-state index in [1.54, 1.807) is 52.0 Å². The maximum atomic E-state index is 13.9. The summed E-state index contributed by atoms with van der Waals surface area (Å²) in [6, 6.07) is 7.33. The van der Waals surface area contributed by atoms with Crippen molar-refractivity contribution in [3.63, 3.8) is 0 Å². The lowest BCUT2D eigenvalue weighted by atomic mass is 9.84. The Hall–Kier alpha value is -3.31. The van der Waals surface area contributed by atoms with Crippen LogP contribution in [0.1, 0.15) is 77.8 Å². The SMILES string of the molecule is CC[C@@H]1NC(=O)[C@H](CCNC2CCN(C)CC2)CC(=O)[C@](C)(NC(=O)C(C)C)CCNC(=O)[C@@H](c2ccccc2)NC1=O. The molecule has 0 saturated carbocycles. The Morgan fingerprint density at radius 2 is 1.70 bits per heavy atom. The van der Waals surface area contributed by atoms with Gasteiger partial charge in [-0.15, -0.1) is 0 Å². The topological polar surface area (TPSA) is 149 Å². The minimum absolute atomic E-state index is 0.0877. The summed E-state index contributed by atoms with van der Waals surface area (Å²) in [4.78, 5) is 69.3. The third-order valence-electron chi connectivity index (χ3n) is 8.63. The molecule has 0 spiro atoms. The van der Waals surface area contributed by atoms with Crippen molar-refractivity contribution in [2.24, 2.45) is 11.8 Å². The van der Waals surface area contributed by atoms with E-state index in [1.165, 1.54) is 0 Å². The summed E-state index contributed by atoms with van der Waals surface area (Å²) >= 11 is 0. The van der Waals surface area contributed by atoms with E-state index in [0.717, 1.165) is 25.9 Å². The summed E-state index contributed by atoms with van der Waals surface area (Å²) < 4.78 is 0. The highest BCUT2D eigenvalue weighted by Gasteiger charge is 2.39. The molecule has 2 heterocycles. The van der Waals surface area contributed by atoms with Crippen LogP contribution >= 0.6 is 0 Å². The van der Waals surface area contributed by atoms with E-state index >= 15 is 0 Å². The maximum absolute atomic E-state index is 13.9. The van der Waals surface area contributed by atoms with Crippen LogP contribution in [-0.2, 0) is 24.0 Å². The van der Waals surface area contributed by atoms with E-state index in [-0.39, 0.29) is 37.0 Å². The lowest BCUT2D eigenvalue weighted by molar-refractivity contribution is -0.137. The third kappa shape index (κ3) is 9.86. The number of ketones is 1. The van der Waals surface area contributed by atoms with Crippen molar-refractivity contribution >= 4 is 29.4 Å². The molecule has 0 unspecified atom stereocenters. The zero-order valence-corrected chi connectivity index (χ0v) is 26.3. The Kier molecular flexibility index (Phi) is 12.7. The Labute approximate surface area is 255 Å². The third-order valence-corrected chi connectivity index (χ3v) is 8.63. The van der Waals surface area contributed by atoms with Crippen LogP contribution in [0.5, 0.6) is 0 Å². The summed E-state index contributed by atoms with van der Waals surface area (Å²) in [7, 11) is 2.10. The Morgan fingerprint density at radius 3 is 2.33 bits per heavy atom. The molecule has 2 aliphatic heterocycles. The van der Waals surface area contributed by atoms with E-state index < -0.39 is 41.3 Å². The van der Waals surface area contributed by atoms with Gasteiger partial charge in [0.05, 0.1) is 5.54 Å². The number of amides is 4. The zero-order valence-electron chi connectivity index (χ0n) is 26.3. The molecular weight excluding hydrogens is 548 g/mol. The van der Waals surface area contributed by atoms with Crippen LogP contribution in [-0.4, -0.2) is 85.2 Å². The molecule has 2 saturated heterocycles. The van der Waals surface area contributed by atoms with Gasteiger partial charge in [-0.3, -0.25) is 24.0 Å². The smallest absolute Gasteiger partial charge is 0.247 e. The van der Waals surface area contributed by atoms with Gasteiger partial charge in [0.25, 0.3) is 0 Å². The van der Waals surface area contributed by atoms with Gasteiger partial charge in [0.15, 0.2) is 5.78 Å². The van der Waals surface area contributed by atoms with Crippen LogP contribution in [0.3, 0.4) is 0 Å². The quantitative estimate of drug-likeness (QED) is 0.304. The number of rotatable bonds is 8. The number of carbonyl (C=O) groups excluding carboxylic acids is 5. The van der Waals surface area contributed by atoms with E-state index in [2.05, 4.69) is 38.5 Å². The molecule has 2 fully saturated rings. The fourth-order valence-electron chi connectivity index (χ4n) is 5.51. The molecule has 4 atom stereocenters. The molecule has 2 aliphatic rings. The van der Waals surface area contributed by atoms with Gasteiger partial charge in [-0.05, 0) is 71.3 Å². The number of nitrogens with zero attached hydrogens (tertiary/aromatic N) is 1. The Balaban J connectivity index is 1.88. The fourth-order valence-corrected chi connectivity index (χ4v) is 5.51. The molecule has 1 aromatic carbocycles. The second kappa shape index (κ2) is 16.0. The molecule has 5 N–H and O–H groups in total. The predicted molar refractivity (Wildman–Crippen MR) is 165 cm³/mol. The second-order valence-electron chi connectivity index (χ2n) is 12.5. The number of benzene rings is 1. The minimum atomic E-state index is -1.30. The van der Waals surface area contributed by atoms with Crippen LogP contribution in [0.4, 0.5) is 0 Å². The van der Waals surface area contributed by atoms with Crippen LogP contribution in [0.15, 0.2) is 30.3 Å². The first-order valence-corrected chi connectivity index (χ1v) is 15.6. The van der Waals surface area contributed by atoms with Crippen LogP contribution in [0.25, 0.3) is 0 Å². The fraction of sp³-hybridized carbons (Fsp3) is 0.656. The van der Waals surface area contributed by atoms with E-state index in [0.29, 0.717) is 31.0 Å². The summed E-state index contributed by atoms with van der Waals surface area (Å²) in [6.07, 6.45) is 2.76. The van der Waals surface area contributed by atoms with Gasteiger partial charge in [-0.2, -0.15) is 0 Å². The molecule has 11 nitrogen and oxygen atoms in total. The summed E-state index contributed by atoms with van der Waals surface area (Å²) in [5, 5.41) is 15.0. The summed E-state index contributed by atoms with van der Waals surface area (Å²) in [6.45, 7) is 9.57. The van der Waals surface area contributed by atoms with Gasteiger partial charge in [-0.1, -0.05) is 51.1 Å². The second-order valence-corrected chi connectivity index (χ2v) is 12.5. The van der Waals surface area contributed by atoms with Crippen molar-refractivity contribution in [2.75, 3.05) is 33.2 Å². The highest BCUT2D eigenvalue weighted by Crippen LogP contribution is 2.22. The van der Waals surface area contributed by atoms with Crippen LogP contribution in [0.2, 0.25) is 0 Å². The Morgan fingerprint density at radius 1 is 1.02 bits per heavy atom. The minimum Gasteiger partial charge on any atom is -0.354 e. The standard InChI is InChI=1S/C32H50N6O5/c1-6-25-30(42)36-27(22-10-8-7-9-11-22)31(43)34-17-15-32(4,37-28(40)21(2)3)26(39)20-23(29(41)35-25)12-16-33-24-13-18-38(5)19-14-24/h7-11,21,23-25,27,33H,6,12-20H2,1-5H3,(H,34,43)(H,35,41)(H,36,42)(H,37,40)/t23-,25+,27-,32-/m1/s1. The van der Waals surface area contributed by atoms with E-state index in [4.69, 9.17) is 0 Å². The van der Waals surface area contributed by atoms with Gasteiger partial charge in [0.1, 0.15) is 12.1 Å². The monoisotopic (exact) mass is 598 g/mol. The van der Waals surface area contributed by atoms with E-state index in [1.807, 2.05) is 6.07 Å². The first-order valence-electron chi connectivity index (χ1n) is 15.6. The molecule has 0 aromatic heterocycles. The van der Waals surface area contributed by atoms with Crippen molar-refractivity contribution in [1.29, 1.82) is 0 Å². The van der Waals surface area contributed by atoms with Crippen LogP contribution < -0.4 is 26.6 Å². The number of nitrogens with one attached hydrogen (secondary N) is 5. The van der Waals surface area contributed by atoms with Crippen LogP contribution in [0, 0.1) is 11.8 Å². The van der Waals surface area contributed by atoms with Gasteiger partial charge >= 0.3 is 0 Å². The predicted octanol–water partition coefficient (Wildman–Crippen LogP) is 1.44. The molecule has 43 heavy (non-hydrogen) atoms. The highest BCUT2D eigenvalue weighted by atomic mass is 16.2. The normalized spacial score (nSPS) is 27.2. The average molecular weight is 599 g/mol. The lowest BCUT2D eigenvalue weighted by Gasteiger charge is -2.33. The largest absolute Gasteiger partial charge is 0.354 e. The number of hydrogen-bond donors (Lipinski definition) is 5. The lowest BCUT2D eigenvalue weighted by Crippen LogP contribution is -2.57. The molecule has 3 rings (SSSR count). The first kappa shape index (κ1) is 34.2. The van der Waals surface area contributed by atoms with Crippen molar-refractivity contribution in [3.8, 4) is 0 Å². The number of Topliss-reactive ketones (excluding diaryl/α,β-unsaturated/α-hetero) is 1. The number of likely N-dealkylation sites (tertiary alicyclic amines) is 1. The van der Waals surface area contributed by atoms with Gasteiger partial charge < -0.3 is 31.5 Å². The first-order chi connectivity index (χ1) is 20.4. The maximum Gasteiger partial charge on any atom is 0.247 e. The van der Waals surface area contributed by atoms with Crippen molar-refractivity contribution in [3.05, 3.63) is 35.9 Å². The van der Waals surface area contributed by atoms with Gasteiger partial charge in [-0.25, -0.2) is 0 Å². The highest BCUT2D eigenvalue weighted by molar-refractivity contribution is 5.97. The molecule has 0 bridgehead atoms. The molecule has 4 amide bonds. The molecule has 11 heteroatoms. The molecular formula is C32H50N6O5. The van der Waals surface area contributed by atoms with E-state index in [9.17, 15) is 24.0 Å². The van der Waals surface area contributed by atoms with Gasteiger partial charge in [0.2, 0.25) is 23.6 Å². The average Bonchev–Trinajstić information content (AvgIpc) is 2.98. The zero-order chi connectivity index (χ0) is 31.6. The van der Waals surface area contributed by atoms with Crippen molar-refractivity contribution in [2.45, 2.75) is 89.9 Å². The number of hydrogen-bond acceptors (Lipinski definition) is 7. The molecule has 0 radical (unpaired) electrons. The Bertz CT molecular complexity index is 1120.